The number of halogens is 2. The highest BCUT2D eigenvalue weighted by atomic mass is 79.9. The maximum atomic E-state index is 13.3. The van der Waals surface area contributed by atoms with Crippen LogP contribution >= 0.6 is 27.3 Å². The Labute approximate surface area is 168 Å². The number of rotatable bonds is 4. The highest BCUT2D eigenvalue weighted by Gasteiger charge is 2.20. The zero-order valence-electron chi connectivity index (χ0n) is 14.0. The van der Waals surface area contributed by atoms with Crippen LogP contribution in [0.5, 0.6) is 0 Å². The molecule has 0 bridgehead atoms. The number of nitrogens with zero attached hydrogens (tertiary/aromatic N) is 1. The van der Waals surface area contributed by atoms with Gasteiger partial charge < -0.3 is 9.88 Å². The molecule has 134 valence electrons. The molecule has 2 heterocycles. The van der Waals surface area contributed by atoms with Crippen molar-refractivity contribution in [2.24, 2.45) is 0 Å². The first-order valence-corrected chi connectivity index (χ1v) is 9.87. The Morgan fingerprint density at radius 1 is 1.04 bits per heavy atom. The first-order valence-electron chi connectivity index (χ1n) is 8.19. The smallest absolute Gasteiger partial charge is 0.267 e. The van der Waals surface area contributed by atoms with E-state index in [2.05, 4.69) is 21.2 Å². The van der Waals surface area contributed by atoms with E-state index >= 15 is 0 Å². The van der Waals surface area contributed by atoms with Crippen LogP contribution in [0.2, 0.25) is 0 Å². The highest BCUT2D eigenvalue weighted by molar-refractivity contribution is 9.10. The fraction of sp³-hybridized carbons (Fsp3) is 0. The topological polar surface area (TPSA) is 34.0 Å². The molecule has 0 aliphatic carbocycles. The molecule has 0 atom stereocenters. The molecule has 0 radical (unpaired) electrons. The molecule has 0 saturated carbocycles. The van der Waals surface area contributed by atoms with Gasteiger partial charge >= 0.3 is 0 Å². The summed E-state index contributed by atoms with van der Waals surface area (Å²) < 4.78 is 16.1. The zero-order valence-corrected chi connectivity index (χ0v) is 16.4. The van der Waals surface area contributed by atoms with Crippen LogP contribution in [0.4, 0.5) is 10.1 Å². The molecule has 3 nitrogen and oxygen atoms in total. The quantitative estimate of drug-likeness (QED) is 0.393. The Morgan fingerprint density at radius 3 is 2.48 bits per heavy atom. The average Bonchev–Trinajstić information content (AvgIpc) is 3.32. The molecule has 6 heteroatoms. The molecule has 4 aromatic rings. The Kier molecular flexibility index (Phi) is 4.92. The van der Waals surface area contributed by atoms with E-state index < -0.39 is 0 Å². The van der Waals surface area contributed by atoms with Gasteiger partial charge in [-0.25, -0.2) is 4.39 Å². The van der Waals surface area contributed by atoms with Crippen LogP contribution in [0.1, 0.15) is 9.67 Å². The van der Waals surface area contributed by atoms with Gasteiger partial charge in [-0.05, 0) is 48.0 Å². The third-order valence-corrected chi connectivity index (χ3v) is 5.53. The van der Waals surface area contributed by atoms with E-state index in [0.717, 1.165) is 21.3 Å². The van der Waals surface area contributed by atoms with Crippen molar-refractivity contribution in [3.63, 3.8) is 0 Å². The lowest BCUT2D eigenvalue weighted by molar-refractivity contribution is 0.103. The van der Waals surface area contributed by atoms with Gasteiger partial charge in [0.15, 0.2) is 0 Å². The van der Waals surface area contributed by atoms with Gasteiger partial charge in [0, 0.05) is 33.5 Å². The maximum Gasteiger partial charge on any atom is 0.267 e. The SMILES string of the molecule is O=C(Nc1cccc(Br)c1)c1scc(-c2ccc(F)cc2)c1-n1cccc1. The molecule has 0 spiro atoms. The Balaban J connectivity index is 1.77. The molecule has 1 amide bonds. The fourth-order valence-corrected chi connectivity index (χ4v) is 4.21. The molecule has 0 aliphatic rings. The van der Waals surface area contributed by atoms with E-state index in [9.17, 15) is 9.18 Å². The predicted molar refractivity (Wildman–Crippen MR) is 111 cm³/mol. The van der Waals surface area contributed by atoms with E-state index in [4.69, 9.17) is 0 Å². The molecule has 0 saturated heterocycles. The number of thiophene rings is 1. The monoisotopic (exact) mass is 440 g/mol. The molecule has 2 aromatic heterocycles. The van der Waals surface area contributed by atoms with Gasteiger partial charge in [0.25, 0.3) is 5.91 Å². The predicted octanol–water partition coefficient (Wildman–Crippen LogP) is 6.36. The third-order valence-electron chi connectivity index (χ3n) is 4.07. The van der Waals surface area contributed by atoms with Crippen molar-refractivity contribution in [3.05, 3.63) is 93.6 Å². The lowest BCUT2D eigenvalue weighted by Gasteiger charge is -2.10. The lowest BCUT2D eigenvalue weighted by atomic mass is 10.1. The van der Waals surface area contributed by atoms with Gasteiger partial charge in [-0.1, -0.05) is 34.1 Å². The number of carbonyl (C=O) groups is 1. The molecule has 4 rings (SSSR count). The van der Waals surface area contributed by atoms with E-state index in [-0.39, 0.29) is 11.7 Å². The van der Waals surface area contributed by atoms with E-state index in [1.54, 1.807) is 12.1 Å². The van der Waals surface area contributed by atoms with Crippen LogP contribution in [0.15, 0.2) is 82.9 Å². The van der Waals surface area contributed by atoms with Gasteiger partial charge in [0.05, 0.1) is 5.69 Å². The fourth-order valence-electron chi connectivity index (χ4n) is 2.84. The molecular formula is C21H14BrFN2OS. The summed E-state index contributed by atoms with van der Waals surface area (Å²) in [4.78, 5) is 13.5. The number of nitrogens with one attached hydrogen (secondary N) is 1. The van der Waals surface area contributed by atoms with Crippen LogP contribution in [-0.4, -0.2) is 10.5 Å². The molecule has 0 aliphatic heterocycles. The normalized spacial score (nSPS) is 10.7. The van der Waals surface area contributed by atoms with Crippen LogP contribution in [0, 0.1) is 5.82 Å². The number of benzene rings is 2. The first-order chi connectivity index (χ1) is 13.1. The minimum absolute atomic E-state index is 0.185. The maximum absolute atomic E-state index is 13.3. The molecule has 1 N–H and O–H groups in total. The molecule has 27 heavy (non-hydrogen) atoms. The van der Waals surface area contributed by atoms with Crippen LogP contribution < -0.4 is 5.32 Å². The summed E-state index contributed by atoms with van der Waals surface area (Å²) >= 11 is 4.78. The van der Waals surface area contributed by atoms with Gasteiger partial charge in [-0.15, -0.1) is 11.3 Å². The van der Waals surface area contributed by atoms with E-state index in [1.807, 2.05) is 58.7 Å². The lowest BCUT2D eigenvalue weighted by Crippen LogP contribution is -2.12. The summed E-state index contributed by atoms with van der Waals surface area (Å²) in [6.07, 6.45) is 3.79. The van der Waals surface area contributed by atoms with E-state index in [0.29, 0.717) is 10.6 Å². The number of carbonyl (C=O) groups excluding carboxylic acids is 1. The Morgan fingerprint density at radius 2 is 1.78 bits per heavy atom. The van der Waals surface area contributed by atoms with Crippen molar-refractivity contribution in [1.29, 1.82) is 0 Å². The van der Waals surface area contributed by atoms with Crippen LogP contribution in [0.3, 0.4) is 0 Å². The summed E-state index contributed by atoms with van der Waals surface area (Å²) in [5.41, 5.74) is 3.24. The third kappa shape index (κ3) is 3.72. The molecule has 2 aromatic carbocycles. The molecular weight excluding hydrogens is 427 g/mol. The second kappa shape index (κ2) is 7.50. The summed E-state index contributed by atoms with van der Waals surface area (Å²) in [6, 6.07) is 17.6. The standard InChI is InChI=1S/C21H14BrFN2OS/c22-15-4-3-5-17(12-15)24-21(26)20-19(25-10-1-2-11-25)18(13-27-20)14-6-8-16(23)9-7-14/h1-13H,(H,24,26). The largest absolute Gasteiger partial charge is 0.322 e. The van der Waals surface area contributed by atoms with Crippen molar-refractivity contribution in [3.8, 4) is 16.8 Å². The van der Waals surface area contributed by atoms with Crippen molar-refractivity contribution >= 4 is 38.9 Å². The number of amides is 1. The van der Waals surface area contributed by atoms with Crippen molar-refractivity contribution < 1.29 is 9.18 Å². The second-order valence-electron chi connectivity index (χ2n) is 5.89. The number of hydrogen-bond donors (Lipinski definition) is 1. The average molecular weight is 441 g/mol. The van der Waals surface area contributed by atoms with Gasteiger partial charge in [0.2, 0.25) is 0 Å². The molecule has 0 fully saturated rings. The minimum atomic E-state index is -0.288. The Hall–Kier alpha value is -2.70. The summed E-state index contributed by atoms with van der Waals surface area (Å²) in [6.45, 7) is 0. The molecule has 0 unspecified atom stereocenters. The van der Waals surface area contributed by atoms with Crippen molar-refractivity contribution in [2.75, 3.05) is 5.32 Å². The summed E-state index contributed by atoms with van der Waals surface area (Å²) in [5, 5.41) is 4.87. The number of hydrogen-bond acceptors (Lipinski definition) is 2. The van der Waals surface area contributed by atoms with Gasteiger partial charge in [-0.2, -0.15) is 0 Å². The second-order valence-corrected chi connectivity index (χ2v) is 7.68. The minimum Gasteiger partial charge on any atom is -0.322 e. The summed E-state index contributed by atoms with van der Waals surface area (Å²) in [5.74, 6) is -0.473. The summed E-state index contributed by atoms with van der Waals surface area (Å²) in [7, 11) is 0. The zero-order chi connectivity index (χ0) is 18.8. The van der Waals surface area contributed by atoms with Crippen molar-refractivity contribution in [1.82, 2.24) is 4.57 Å². The van der Waals surface area contributed by atoms with E-state index in [1.165, 1.54) is 23.5 Å². The van der Waals surface area contributed by atoms with Crippen LogP contribution in [-0.2, 0) is 0 Å². The highest BCUT2D eigenvalue weighted by Crippen LogP contribution is 2.35. The van der Waals surface area contributed by atoms with Crippen LogP contribution in [0.25, 0.3) is 16.8 Å². The first kappa shape index (κ1) is 17.7. The Bertz CT molecular complexity index is 1090. The van der Waals surface area contributed by atoms with Gasteiger partial charge in [-0.3, -0.25) is 4.79 Å². The van der Waals surface area contributed by atoms with Crippen molar-refractivity contribution in [2.45, 2.75) is 0 Å². The number of aromatic nitrogens is 1. The number of anilines is 1. The van der Waals surface area contributed by atoms with Gasteiger partial charge in [0.1, 0.15) is 10.7 Å².